The summed E-state index contributed by atoms with van der Waals surface area (Å²) in [5.41, 5.74) is 4.68. The van der Waals surface area contributed by atoms with Crippen molar-refractivity contribution in [3.63, 3.8) is 0 Å². The Bertz CT molecular complexity index is 1630. The first-order valence-corrected chi connectivity index (χ1v) is 18.5. The van der Waals surface area contributed by atoms with Crippen molar-refractivity contribution in [3.05, 3.63) is 60.0 Å². The van der Waals surface area contributed by atoms with Crippen molar-refractivity contribution in [3.8, 4) is 16.9 Å². The SMILES string of the molecule is COc1ccc(C23CCC(CN(c4cc(-c5cnn(C(C)(C)C)c5)ccn4)C(=O)[C@H]4CC[C@H](OC(=O)NCCCO)CC4)(CC2)CC3)cc1C. The Hall–Kier alpha value is -3.92. The van der Waals surface area contributed by atoms with E-state index in [2.05, 4.69) is 68.6 Å². The number of anilines is 1. The summed E-state index contributed by atoms with van der Waals surface area (Å²) in [5, 5.41) is 16.3. The largest absolute Gasteiger partial charge is 0.496 e. The second-order valence-electron chi connectivity index (χ2n) is 16.0. The molecular formula is C40H55N5O5. The highest BCUT2D eigenvalue weighted by Crippen LogP contribution is 2.58. The van der Waals surface area contributed by atoms with Gasteiger partial charge in [0.25, 0.3) is 0 Å². The number of alkyl carbamates (subject to hydrolysis) is 1. The number of aliphatic hydroxyl groups excluding tert-OH is 1. The van der Waals surface area contributed by atoms with Gasteiger partial charge in [-0.3, -0.25) is 14.4 Å². The van der Waals surface area contributed by atoms with Crippen LogP contribution < -0.4 is 15.0 Å². The predicted molar refractivity (Wildman–Crippen MR) is 194 cm³/mol. The molecule has 4 saturated carbocycles. The van der Waals surface area contributed by atoms with Crippen LogP contribution in [0, 0.1) is 18.3 Å². The molecule has 0 atom stereocenters. The van der Waals surface area contributed by atoms with E-state index in [1.54, 1.807) is 7.11 Å². The van der Waals surface area contributed by atoms with Gasteiger partial charge in [0.1, 0.15) is 17.7 Å². The highest BCUT2D eigenvalue weighted by molar-refractivity contribution is 5.95. The van der Waals surface area contributed by atoms with E-state index in [0.29, 0.717) is 51.0 Å². The first-order valence-electron chi connectivity index (χ1n) is 18.5. The monoisotopic (exact) mass is 685 g/mol. The number of hydrogen-bond acceptors (Lipinski definition) is 7. The molecule has 2 amide bonds. The van der Waals surface area contributed by atoms with Crippen LogP contribution in [0.3, 0.4) is 0 Å². The fraction of sp³-hybridized carbons (Fsp3) is 0.600. The van der Waals surface area contributed by atoms with E-state index in [4.69, 9.17) is 19.6 Å². The molecule has 10 nitrogen and oxygen atoms in total. The summed E-state index contributed by atoms with van der Waals surface area (Å²) >= 11 is 0. The smallest absolute Gasteiger partial charge is 0.407 e. The number of pyridine rings is 1. The van der Waals surface area contributed by atoms with Gasteiger partial charge in [-0.2, -0.15) is 5.10 Å². The molecule has 0 spiro atoms. The third-order valence-corrected chi connectivity index (χ3v) is 11.7. The van der Waals surface area contributed by atoms with Gasteiger partial charge in [-0.25, -0.2) is 9.78 Å². The molecule has 10 heteroatoms. The van der Waals surface area contributed by atoms with Gasteiger partial charge in [-0.05, 0) is 144 Å². The number of hydrogen-bond donors (Lipinski definition) is 2. The van der Waals surface area contributed by atoms with Crippen LogP contribution in [0.1, 0.15) is 103 Å². The molecule has 1 aromatic carbocycles. The molecule has 4 fully saturated rings. The number of ether oxygens (including phenoxy) is 2. The maximum Gasteiger partial charge on any atom is 0.407 e. The zero-order chi connectivity index (χ0) is 35.5. The third-order valence-electron chi connectivity index (χ3n) is 11.7. The molecule has 4 aliphatic carbocycles. The fourth-order valence-corrected chi connectivity index (χ4v) is 8.44. The molecule has 7 rings (SSSR count). The molecule has 270 valence electrons. The van der Waals surface area contributed by atoms with Gasteiger partial charge in [0.05, 0.1) is 18.8 Å². The Kier molecular flexibility index (Phi) is 10.6. The van der Waals surface area contributed by atoms with Gasteiger partial charge < -0.3 is 19.9 Å². The van der Waals surface area contributed by atoms with Gasteiger partial charge in [0.15, 0.2) is 0 Å². The Labute approximate surface area is 296 Å². The van der Waals surface area contributed by atoms with E-state index < -0.39 is 6.09 Å². The maximum absolute atomic E-state index is 14.6. The van der Waals surface area contributed by atoms with Gasteiger partial charge >= 0.3 is 6.09 Å². The Morgan fingerprint density at radius 3 is 2.36 bits per heavy atom. The lowest BCUT2D eigenvalue weighted by Crippen LogP contribution is -2.52. The minimum atomic E-state index is -0.458. The van der Waals surface area contributed by atoms with Crippen LogP contribution in [-0.4, -0.2) is 64.8 Å². The predicted octanol–water partition coefficient (Wildman–Crippen LogP) is 7.31. The number of aryl methyl sites for hydroxylation is 1. The summed E-state index contributed by atoms with van der Waals surface area (Å²) < 4.78 is 13.2. The van der Waals surface area contributed by atoms with Gasteiger partial charge in [0, 0.05) is 43.6 Å². The Balaban J connectivity index is 1.21. The zero-order valence-corrected chi connectivity index (χ0v) is 30.5. The number of nitrogens with zero attached hydrogens (tertiary/aromatic N) is 4. The van der Waals surface area contributed by atoms with E-state index in [1.165, 1.54) is 11.1 Å². The van der Waals surface area contributed by atoms with E-state index in [9.17, 15) is 9.59 Å². The highest BCUT2D eigenvalue weighted by Gasteiger charge is 2.51. The molecule has 4 aliphatic rings. The molecule has 0 radical (unpaired) electrons. The first kappa shape index (κ1) is 35.9. The summed E-state index contributed by atoms with van der Waals surface area (Å²) in [6.45, 7) is 9.57. The van der Waals surface area contributed by atoms with Crippen LogP contribution in [0.5, 0.6) is 5.75 Å². The van der Waals surface area contributed by atoms with E-state index in [1.807, 2.05) is 28.0 Å². The highest BCUT2D eigenvalue weighted by atomic mass is 16.6. The second kappa shape index (κ2) is 14.7. The van der Waals surface area contributed by atoms with Crippen LogP contribution in [-0.2, 0) is 20.5 Å². The van der Waals surface area contributed by atoms with Crippen molar-refractivity contribution < 1.29 is 24.2 Å². The number of carbonyl (C=O) groups is 2. The van der Waals surface area contributed by atoms with E-state index in [-0.39, 0.29) is 40.9 Å². The molecule has 0 saturated heterocycles. The molecular weight excluding hydrogens is 630 g/mol. The lowest BCUT2D eigenvalue weighted by Gasteiger charge is -2.55. The number of benzene rings is 1. The van der Waals surface area contributed by atoms with Crippen LogP contribution >= 0.6 is 0 Å². The van der Waals surface area contributed by atoms with Crippen molar-refractivity contribution in [1.82, 2.24) is 20.1 Å². The third kappa shape index (κ3) is 7.70. The number of carbonyl (C=O) groups excluding carboxylic acids is 2. The standard InChI is InChI=1S/C40H55N5O5/c1-28-23-32(9-12-34(28)49-5)40-17-14-39(15-18-40,16-19-40)27-44(35-24-30(13-21-41-35)31-25-43-45(26-31)38(2,3)4)36(47)29-7-10-33(11-8-29)50-37(48)42-20-6-22-46/h9,12-13,21,23-26,29,33,46H,6-8,10-11,14-20,22,27H2,1-5H3,(H,42,48)/t29-,33-,39?,40?. The van der Waals surface area contributed by atoms with Crippen molar-refractivity contribution in [2.24, 2.45) is 11.3 Å². The number of aliphatic hydroxyl groups is 1. The summed E-state index contributed by atoms with van der Waals surface area (Å²) in [6, 6.07) is 10.7. The molecule has 2 N–H and O–H groups in total. The van der Waals surface area contributed by atoms with Gasteiger partial charge in [0.2, 0.25) is 5.91 Å². The average molecular weight is 686 g/mol. The van der Waals surface area contributed by atoms with Crippen molar-refractivity contribution in [2.75, 3.05) is 31.7 Å². The quantitative estimate of drug-likeness (QED) is 0.203. The van der Waals surface area contributed by atoms with Crippen molar-refractivity contribution in [1.29, 1.82) is 0 Å². The normalized spacial score (nSPS) is 24.8. The number of methoxy groups -OCH3 is 1. The minimum absolute atomic E-state index is 0.0207. The molecule has 2 aromatic heterocycles. The van der Waals surface area contributed by atoms with E-state index in [0.717, 1.165) is 55.4 Å². The van der Waals surface area contributed by atoms with E-state index >= 15 is 0 Å². The van der Waals surface area contributed by atoms with Crippen LogP contribution in [0.2, 0.25) is 0 Å². The number of amides is 2. The number of rotatable bonds is 11. The summed E-state index contributed by atoms with van der Waals surface area (Å²) in [6.07, 6.45) is 14.8. The van der Waals surface area contributed by atoms with Crippen molar-refractivity contribution >= 4 is 17.8 Å². The molecule has 3 aromatic rings. The number of aromatic nitrogens is 3. The molecule has 2 heterocycles. The lowest BCUT2D eigenvalue weighted by molar-refractivity contribution is -0.124. The Morgan fingerprint density at radius 1 is 1.02 bits per heavy atom. The first-order chi connectivity index (χ1) is 23.9. The fourth-order valence-electron chi connectivity index (χ4n) is 8.44. The summed E-state index contributed by atoms with van der Waals surface area (Å²) in [4.78, 5) is 33.7. The molecule has 2 bridgehead atoms. The molecule has 50 heavy (non-hydrogen) atoms. The zero-order valence-electron chi connectivity index (χ0n) is 30.5. The minimum Gasteiger partial charge on any atom is -0.496 e. The van der Waals surface area contributed by atoms with Gasteiger partial charge in [-0.1, -0.05) is 12.1 Å². The topological polar surface area (TPSA) is 119 Å². The second-order valence-corrected chi connectivity index (χ2v) is 16.0. The summed E-state index contributed by atoms with van der Waals surface area (Å²) in [5.74, 6) is 1.59. The number of fused-ring (bicyclic) bond motifs is 3. The average Bonchev–Trinajstić information content (AvgIpc) is 3.64. The molecule has 0 aliphatic heterocycles. The van der Waals surface area contributed by atoms with Crippen LogP contribution in [0.4, 0.5) is 10.6 Å². The van der Waals surface area contributed by atoms with Crippen LogP contribution in [0.15, 0.2) is 48.9 Å². The van der Waals surface area contributed by atoms with Crippen LogP contribution in [0.25, 0.3) is 11.1 Å². The Morgan fingerprint density at radius 2 is 1.74 bits per heavy atom. The summed E-state index contributed by atoms with van der Waals surface area (Å²) in [7, 11) is 1.73. The lowest BCUT2D eigenvalue weighted by atomic mass is 9.51. The van der Waals surface area contributed by atoms with Crippen molar-refractivity contribution in [2.45, 2.75) is 115 Å². The van der Waals surface area contributed by atoms with Gasteiger partial charge in [-0.15, -0.1) is 0 Å². The molecule has 0 unspecified atom stereocenters. The number of nitrogens with one attached hydrogen (secondary N) is 1. The maximum atomic E-state index is 14.6.